The highest BCUT2D eigenvalue weighted by Gasteiger charge is 2.15. The lowest BCUT2D eigenvalue weighted by molar-refractivity contribution is 0.174. The van der Waals surface area contributed by atoms with Crippen molar-refractivity contribution < 1.29 is 9.47 Å². The topological polar surface area (TPSA) is 44.5 Å². The summed E-state index contributed by atoms with van der Waals surface area (Å²) in [6.45, 7) is 1.23. The average Bonchev–Trinajstić information content (AvgIpc) is 2.34. The normalized spacial score (nSPS) is 15.2. The molecule has 0 spiro atoms. The highest BCUT2D eigenvalue weighted by molar-refractivity contribution is 7.14. The lowest BCUT2D eigenvalue weighted by Gasteiger charge is -2.14. The predicted molar refractivity (Wildman–Crippen MR) is 39.7 cm³/mol. The van der Waals surface area contributed by atoms with Crippen molar-refractivity contribution in [1.82, 2.24) is 0 Å². The van der Waals surface area contributed by atoms with Gasteiger partial charge in [-0.1, -0.05) is 0 Å². The Morgan fingerprint density at radius 3 is 3.00 bits per heavy atom. The third-order valence-corrected chi connectivity index (χ3v) is 2.10. The van der Waals surface area contributed by atoms with Gasteiger partial charge in [0.25, 0.3) is 0 Å². The molecule has 0 bridgehead atoms. The van der Waals surface area contributed by atoms with Gasteiger partial charge in [-0.2, -0.15) is 0 Å². The van der Waals surface area contributed by atoms with Crippen molar-refractivity contribution in [2.75, 3.05) is 18.9 Å². The molecule has 1 aromatic heterocycles. The number of thiophene rings is 1. The van der Waals surface area contributed by atoms with Gasteiger partial charge < -0.3 is 15.2 Å². The molecule has 0 unspecified atom stereocenters. The summed E-state index contributed by atoms with van der Waals surface area (Å²) in [6.07, 6.45) is 0. The van der Waals surface area contributed by atoms with Gasteiger partial charge in [0.2, 0.25) is 0 Å². The van der Waals surface area contributed by atoms with Gasteiger partial charge in [0, 0.05) is 5.38 Å². The van der Waals surface area contributed by atoms with E-state index in [2.05, 4.69) is 0 Å². The number of rotatable bonds is 0. The van der Waals surface area contributed by atoms with Crippen molar-refractivity contribution in [3.8, 4) is 11.5 Å². The van der Waals surface area contributed by atoms with Crippen molar-refractivity contribution >= 4 is 16.3 Å². The van der Waals surface area contributed by atoms with Crippen LogP contribution in [0.2, 0.25) is 0 Å². The second-order valence-electron chi connectivity index (χ2n) is 1.99. The lowest BCUT2D eigenvalue weighted by Crippen LogP contribution is -2.14. The molecule has 0 aromatic carbocycles. The fourth-order valence-electron chi connectivity index (χ4n) is 0.883. The molecule has 10 heavy (non-hydrogen) atoms. The van der Waals surface area contributed by atoms with Crippen LogP contribution < -0.4 is 15.2 Å². The molecule has 1 aliphatic rings. The van der Waals surface area contributed by atoms with Gasteiger partial charge >= 0.3 is 0 Å². The minimum absolute atomic E-state index is 0.605. The molecular formula is C6H7NO2S. The van der Waals surface area contributed by atoms with Gasteiger partial charge in [-0.15, -0.1) is 11.3 Å². The lowest BCUT2D eigenvalue weighted by atomic mass is 10.5. The van der Waals surface area contributed by atoms with E-state index in [1.165, 1.54) is 11.3 Å². The zero-order valence-electron chi connectivity index (χ0n) is 5.29. The highest BCUT2D eigenvalue weighted by atomic mass is 32.1. The van der Waals surface area contributed by atoms with Gasteiger partial charge in [0.05, 0.1) is 0 Å². The molecule has 1 aromatic rings. The van der Waals surface area contributed by atoms with Gasteiger partial charge in [-0.05, 0) is 0 Å². The van der Waals surface area contributed by atoms with Crippen molar-refractivity contribution in [3.05, 3.63) is 5.38 Å². The summed E-state index contributed by atoms with van der Waals surface area (Å²) in [6, 6.07) is 0. The maximum atomic E-state index is 5.57. The Bertz CT molecular complexity index is 246. The third-order valence-electron chi connectivity index (χ3n) is 1.33. The number of fused-ring (bicyclic) bond motifs is 1. The molecule has 0 fully saturated rings. The number of ether oxygens (including phenoxy) is 2. The molecule has 2 heterocycles. The van der Waals surface area contributed by atoms with Crippen molar-refractivity contribution in [2.45, 2.75) is 0 Å². The molecule has 0 atom stereocenters. The summed E-state index contributed by atoms with van der Waals surface area (Å²) in [5.74, 6) is 1.50. The molecule has 3 nitrogen and oxygen atoms in total. The van der Waals surface area contributed by atoms with E-state index < -0.39 is 0 Å². The summed E-state index contributed by atoms with van der Waals surface area (Å²) >= 11 is 1.45. The maximum absolute atomic E-state index is 5.57. The first kappa shape index (κ1) is 5.85. The first-order chi connectivity index (χ1) is 4.88. The Hall–Kier alpha value is -0.900. The van der Waals surface area contributed by atoms with Crippen LogP contribution in [0.15, 0.2) is 5.38 Å². The van der Waals surface area contributed by atoms with E-state index in [1.807, 2.05) is 5.38 Å². The van der Waals surface area contributed by atoms with Gasteiger partial charge in [0.1, 0.15) is 18.2 Å². The SMILES string of the molecule is Nc1scc2c1OCCO2. The van der Waals surface area contributed by atoms with Gasteiger partial charge in [0.15, 0.2) is 11.5 Å². The molecular weight excluding hydrogens is 150 g/mol. The Kier molecular flexibility index (Phi) is 1.20. The zero-order chi connectivity index (χ0) is 6.97. The van der Waals surface area contributed by atoms with Gasteiger partial charge in [-0.25, -0.2) is 0 Å². The van der Waals surface area contributed by atoms with Crippen molar-refractivity contribution in [1.29, 1.82) is 0 Å². The van der Waals surface area contributed by atoms with Crippen LogP contribution >= 0.6 is 11.3 Å². The summed E-state index contributed by atoms with van der Waals surface area (Å²) in [5.41, 5.74) is 5.57. The van der Waals surface area contributed by atoms with E-state index in [1.54, 1.807) is 0 Å². The molecule has 0 saturated heterocycles. The summed E-state index contributed by atoms with van der Waals surface area (Å²) in [7, 11) is 0. The molecule has 2 rings (SSSR count). The van der Waals surface area contributed by atoms with E-state index in [0.717, 1.165) is 11.5 Å². The smallest absolute Gasteiger partial charge is 0.195 e. The number of nitrogen functional groups attached to an aromatic ring is 1. The van der Waals surface area contributed by atoms with E-state index in [9.17, 15) is 0 Å². The fourth-order valence-corrected chi connectivity index (χ4v) is 1.56. The van der Waals surface area contributed by atoms with Gasteiger partial charge in [-0.3, -0.25) is 0 Å². The third kappa shape index (κ3) is 0.724. The molecule has 0 aliphatic carbocycles. The Balaban J connectivity index is 2.45. The molecule has 54 valence electrons. The predicted octanol–water partition coefficient (Wildman–Crippen LogP) is 1.10. The van der Waals surface area contributed by atoms with Crippen molar-refractivity contribution in [3.63, 3.8) is 0 Å². The maximum Gasteiger partial charge on any atom is 0.195 e. The number of hydrogen-bond acceptors (Lipinski definition) is 4. The summed E-state index contributed by atoms with van der Waals surface area (Å²) in [5, 5.41) is 2.57. The highest BCUT2D eigenvalue weighted by Crippen LogP contribution is 2.41. The first-order valence-corrected chi connectivity index (χ1v) is 3.88. The van der Waals surface area contributed by atoms with Crippen LogP contribution in [0.25, 0.3) is 0 Å². The largest absolute Gasteiger partial charge is 0.485 e. The quantitative estimate of drug-likeness (QED) is 0.613. The minimum atomic E-state index is 0.605. The Morgan fingerprint density at radius 2 is 2.20 bits per heavy atom. The molecule has 0 radical (unpaired) electrons. The van der Waals surface area contributed by atoms with Crippen LogP contribution in [0.5, 0.6) is 11.5 Å². The molecule has 1 aliphatic heterocycles. The minimum Gasteiger partial charge on any atom is -0.485 e. The Morgan fingerprint density at radius 1 is 1.40 bits per heavy atom. The van der Waals surface area contributed by atoms with Crippen LogP contribution in [-0.4, -0.2) is 13.2 Å². The average molecular weight is 157 g/mol. The molecule has 2 N–H and O–H groups in total. The summed E-state index contributed by atoms with van der Waals surface area (Å²) < 4.78 is 10.5. The van der Waals surface area contributed by atoms with E-state index in [4.69, 9.17) is 15.2 Å². The van der Waals surface area contributed by atoms with Crippen LogP contribution in [0, 0.1) is 0 Å². The fraction of sp³-hybridized carbons (Fsp3) is 0.333. The summed E-state index contributed by atoms with van der Waals surface area (Å²) in [4.78, 5) is 0. The van der Waals surface area contributed by atoms with E-state index >= 15 is 0 Å². The van der Waals surface area contributed by atoms with Crippen LogP contribution in [-0.2, 0) is 0 Å². The van der Waals surface area contributed by atoms with E-state index in [0.29, 0.717) is 18.2 Å². The van der Waals surface area contributed by atoms with Crippen LogP contribution in [0.4, 0.5) is 5.00 Å². The molecule has 4 heteroatoms. The second-order valence-corrected chi connectivity index (χ2v) is 2.90. The van der Waals surface area contributed by atoms with E-state index in [-0.39, 0.29) is 0 Å². The second kappa shape index (κ2) is 2.05. The number of hydrogen-bond donors (Lipinski definition) is 1. The zero-order valence-corrected chi connectivity index (χ0v) is 6.11. The van der Waals surface area contributed by atoms with Crippen molar-refractivity contribution in [2.24, 2.45) is 0 Å². The van der Waals surface area contributed by atoms with Crippen LogP contribution in [0.3, 0.4) is 0 Å². The number of nitrogens with two attached hydrogens (primary N) is 1. The number of anilines is 1. The Labute approximate surface area is 62.4 Å². The molecule has 0 saturated carbocycles. The first-order valence-electron chi connectivity index (χ1n) is 3.00. The monoisotopic (exact) mass is 157 g/mol. The standard InChI is InChI=1S/C6H7NO2S/c7-6-5-4(3-10-6)8-1-2-9-5/h3H,1-2,7H2. The van der Waals surface area contributed by atoms with Crippen LogP contribution in [0.1, 0.15) is 0 Å². The molecule has 0 amide bonds.